The molecule has 0 aliphatic carbocycles. The number of morpholine rings is 1. The van der Waals surface area contributed by atoms with Crippen LogP contribution < -0.4 is 0 Å². The molecule has 1 saturated heterocycles. The Balaban J connectivity index is 1.64. The molecule has 136 valence electrons. The predicted octanol–water partition coefficient (Wildman–Crippen LogP) is 3.93. The fraction of sp³-hybridized carbons (Fsp3) is 0.421. The number of hydrogen-bond acceptors (Lipinski definition) is 6. The SMILES string of the molecule is Cc1ccc2sc(C(=O)N3CCOCC3c3nnc(C(C)C)o3)cc2c1. The van der Waals surface area contributed by atoms with E-state index in [9.17, 15) is 4.79 Å². The number of benzene rings is 1. The van der Waals surface area contributed by atoms with Gasteiger partial charge in [-0.25, -0.2) is 0 Å². The van der Waals surface area contributed by atoms with Crippen LogP contribution in [0.5, 0.6) is 0 Å². The Kier molecular flexibility index (Phi) is 4.50. The van der Waals surface area contributed by atoms with Gasteiger partial charge in [0.1, 0.15) is 6.04 Å². The summed E-state index contributed by atoms with van der Waals surface area (Å²) in [6.45, 7) is 7.44. The van der Waals surface area contributed by atoms with Crippen LogP contribution in [-0.4, -0.2) is 40.8 Å². The van der Waals surface area contributed by atoms with Crippen molar-refractivity contribution in [2.24, 2.45) is 0 Å². The van der Waals surface area contributed by atoms with E-state index >= 15 is 0 Å². The Morgan fingerprint density at radius 3 is 2.92 bits per heavy atom. The third-order valence-corrected chi connectivity index (χ3v) is 5.61. The highest BCUT2D eigenvalue weighted by atomic mass is 32.1. The lowest BCUT2D eigenvalue weighted by Crippen LogP contribution is -2.43. The van der Waals surface area contributed by atoms with E-state index in [-0.39, 0.29) is 17.9 Å². The highest BCUT2D eigenvalue weighted by Crippen LogP contribution is 2.31. The first-order valence-corrected chi connectivity index (χ1v) is 9.57. The number of amides is 1. The van der Waals surface area contributed by atoms with E-state index < -0.39 is 0 Å². The zero-order valence-electron chi connectivity index (χ0n) is 15.1. The highest BCUT2D eigenvalue weighted by molar-refractivity contribution is 7.20. The van der Waals surface area contributed by atoms with Gasteiger partial charge in [0.05, 0.1) is 18.1 Å². The summed E-state index contributed by atoms with van der Waals surface area (Å²) in [6, 6.07) is 7.86. The largest absolute Gasteiger partial charge is 0.423 e. The average molecular weight is 371 g/mol. The van der Waals surface area contributed by atoms with Crippen molar-refractivity contribution in [3.05, 3.63) is 46.5 Å². The smallest absolute Gasteiger partial charge is 0.264 e. The molecular weight excluding hydrogens is 350 g/mol. The second kappa shape index (κ2) is 6.81. The second-order valence-electron chi connectivity index (χ2n) is 6.87. The fourth-order valence-electron chi connectivity index (χ4n) is 3.08. The molecule has 0 bridgehead atoms. The lowest BCUT2D eigenvalue weighted by atomic mass is 10.1. The summed E-state index contributed by atoms with van der Waals surface area (Å²) in [4.78, 5) is 15.7. The maximum atomic E-state index is 13.2. The molecule has 0 spiro atoms. The van der Waals surface area contributed by atoms with Gasteiger partial charge in [-0.2, -0.15) is 0 Å². The van der Waals surface area contributed by atoms with E-state index in [2.05, 4.69) is 35.3 Å². The van der Waals surface area contributed by atoms with Gasteiger partial charge >= 0.3 is 0 Å². The molecule has 1 aromatic carbocycles. The number of hydrogen-bond donors (Lipinski definition) is 0. The molecule has 1 fully saturated rings. The first kappa shape index (κ1) is 17.2. The van der Waals surface area contributed by atoms with E-state index in [0.717, 1.165) is 15.0 Å². The molecule has 1 aliphatic heterocycles. The zero-order chi connectivity index (χ0) is 18.3. The van der Waals surface area contributed by atoms with Crippen LogP contribution >= 0.6 is 11.3 Å². The van der Waals surface area contributed by atoms with Gasteiger partial charge in [-0.15, -0.1) is 21.5 Å². The minimum atomic E-state index is -0.344. The Hall–Kier alpha value is -2.25. The van der Waals surface area contributed by atoms with E-state index in [1.54, 1.807) is 4.90 Å². The van der Waals surface area contributed by atoms with Gasteiger partial charge < -0.3 is 14.1 Å². The molecule has 3 aromatic rings. The number of fused-ring (bicyclic) bond motifs is 1. The Labute approximate surface area is 155 Å². The van der Waals surface area contributed by atoms with Crippen LogP contribution in [0.15, 0.2) is 28.7 Å². The molecule has 7 heteroatoms. The van der Waals surface area contributed by atoms with E-state index in [4.69, 9.17) is 9.15 Å². The van der Waals surface area contributed by atoms with Crippen molar-refractivity contribution in [1.29, 1.82) is 0 Å². The summed E-state index contributed by atoms with van der Waals surface area (Å²) >= 11 is 1.52. The topological polar surface area (TPSA) is 68.5 Å². The summed E-state index contributed by atoms with van der Waals surface area (Å²) in [5.41, 5.74) is 1.19. The first-order chi connectivity index (χ1) is 12.5. The molecule has 26 heavy (non-hydrogen) atoms. The van der Waals surface area contributed by atoms with Crippen molar-refractivity contribution in [1.82, 2.24) is 15.1 Å². The monoisotopic (exact) mass is 371 g/mol. The first-order valence-electron chi connectivity index (χ1n) is 8.75. The molecule has 0 saturated carbocycles. The Morgan fingerprint density at radius 2 is 2.15 bits per heavy atom. The van der Waals surface area contributed by atoms with Gasteiger partial charge in [0.2, 0.25) is 11.8 Å². The molecule has 3 heterocycles. The van der Waals surface area contributed by atoms with Crippen LogP contribution in [0.2, 0.25) is 0 Å². The standard InChI is InChI=1S/C19H21N3O3S/c1-11(2)17-20-21-18(25-17)14-10-24-7-6-22(14)19(23)16-9-13-8-12(3)4-5-15(13)26-16/h4-5,8-9,11,14H,6-7,10H2,1-3H3. The van der Waals surface area contributed by atoms with Gasteiger partial charge in [0.15, 0.2) is 0 Å². The minimum Gasteiger partial charge on any atom is -0.423 e. The van der Waals surface area contributed by atoms with Crippen LogP contribution in [0.25, 0.3) is 10.1 Å². The van der Waals surface area contributed by atoms with Crippen LogP contribution in [0.1, 0.15) is 52.8 Å². The van der Waals surface area contributed by atoms with Gasteiger partial charge in [0.25, 0.3) is 5.91 Å². The summed E-state index contributed by atoms with van der Waals surface area (Å²) < 4.78 is 12.5. The van der Waals surface area contributed by atoms with Crippen LogP contribution in [0.3, 0.4) is 0 Å². The molecule has 0 N–H and O–H groups in total. The average Bonchev–Trinajstić information content (AvgIpc) is 3.28. The zero-order valence-corrected chi connectivity index (χ0v) is 15.9. The number of thiophene rings is 1. The van der Waals surface area contributed by atoms with Crippen molar-refractivity contribution >= 4 is 27.3 Å². The number of nitrogens with zero attached hydrogens (tertiary/aromatic N) is 3. The van der Waals surface area contributed by atoms with Gasteiger partial charge in [0, 0.05) is 17.2 Å². The van der Waals surface area contributed by atoms with E-state index in [0.29, 0.717) is 31.5 Å². The number of rotatable bonds is 3. The molecule has 0 radical (unpaired) electrons. The predicted molar refractivity (Wildman–Crippen MR) is 99.5 cm³/mol. The van der Waals surface area contributed by atoms with Gasteiger partial charge in [-0.1, -0.05) is 31.5 Å². The lowest BCUT2D eigenvalue weighted by Gasteiger charge is -2.33. The van der Waals surface area contributed by atoms with Crippen molar-refractivity contribution in [3.63, 3.8) is 0 Å². The number of carbonyl (C=O) groups excluding carboxylic acids is 1. The molecule has 6 nitrogen and oxygen atoms in total. The Morgan fingerprint density at radius 1 is 1.31 bits per heavy atom. The quantitative estimate of drug-likeness (QED) is 0.698. The van der Waals surface area contributed by atoms with E-state index in [1.807, 2.05) is 19.9 Å². The number of ether oxygens (including phenoxy) is 1. The molecule has 1 atom stereocenters. The van der Waals surface area contributed by atoms with Gasteiger partial charge in [-0.3, -0.25) is 4.79 Å². The van der Waals surface area contributed by atoms with Gasteiger partial charge in [-0.05, 0) is 24.4 Å². The maximum Gasteiger partial charge on any atom is 0.264 e. The maximum absolute atomic E-state index is 13.2. The van der Waals surface area contributed by atoms with Crippen LogP contribution in [-0.2, 0) is 4.74 Å². The molecule has 4 rings (SSSR count). The number of aromatic nitrogens is 2. The summed E-state index contributed by atoms with van der Waals surface area (Å²) in [7, 11) is 0. The molecule has 1 unspecified atom stereocenters. The summed E-state index contributed by atoms with van der Waals surface area (Å²) in [5.74, 6) is 1.16. The third-order valence-electron chi connectivity index (χ3n) is 4.51. The number of aryl methyl sites for hydroxylation is 1. The van der Waals surface area contributed by atoms with Crippen molar-refractivity contribution in [2.45, 2.75) is 32.7 Å². The Bertz CT molecular complexity index is 947. The van der Waals surface area contributed by atoms with E-state index in [1.165, 1.54) is 16.9 Å². The normalized spacial score (nSPS) is 18.0. The molecule has 1 amide bonds. The molecule has 1 aliphatic rings. The molecular formula is C19H21N3O3S. The van der Waals surface area contributed by atoms with Crippen LogP contribution in [0, 0.1) is 6.92 Å². The summed E-state index contributed by atoms with van der Waals surface area (Å²) in [6.07, 6.45) is 0. The van der Waals surface area contributed by atoms with Crippen LogP contribution in [0.4, 0.5) is 0 Å². The third kappa shape index (κ3) is 3.12. The molecule has 2 aromatic heterocycles. The second-order valence-corrected chi connectivity index (χ2v) is 7.96. The van der Waals surface area contributed by atoms with Crippen molar-refractivity contribution < 1.29 is 13.9 Å². The lowest BCUT2D eigenvalue weighted by molar-refractivity contribution is -0.0105. The summed E-state index contributed by atoms with van der Waals surface area (Å²) in [5, 5.41) is 9.35. The minimum absolute atomic E-state index is 0.0125. The fourth-order valence-corrected chi connectivity index (χ4v) is 4.07. The number of carbonyl (C=O) groups is 1. The van der Waals surface area contributed by atoms with Crippen molar-refractivity contribution in [2.75, 3.05) is 19.8 Å². The highest BCUT2D eigenvalue weighted by Gasteiger charge is 2.34. The van der Waals surface area contributed by atoms with Crippen molar-refractivity contribution in [3.8, 4) is 0 Å².